The Morgan fingerprint density at radius 2 is 1.76 bits per heavy atom. The van der Waals surface area contributed by atoms with Gasteiger partial charge in [-0.3, -0.25) is 14.4 Å². The third-order valence-corrected chi connectivity index (χ3v) is 5.11. The number of para-hydroxylation sites is 1. The smallest absolute Gasteiger partial charge is 0.256 e. The zero-order valence-corrected chi connectivity index (χ0v) is 13.9. The summed E-state index contributed by atoms with van der Waals surface area (Å²) in [5, 5.41) is 0.910. The van der Waals surface area contributed by atoms with E-state index in [1.165, 1.54) is 0 Å². The number of aromatic nitrogens is 1. The highest BCUT2D eigenvalue weighted by molar-refractivity contribution is 6.07. The molecule has 2 fully saturated rings. The Bertz CT molecular complexity index is 817. The van der Waals surface area contributed by atoms with E-state index in [1.807, 2.05) is 24.3 Å². The summed E-state index contributed by atoms with van der Waals surface area (Å²) in [5.74, 6) is -0.0715. The Balaban J connectivity index is 1.36. The fourth-order valence-corrected chi connectivity index (χ4v) is 3.53. The Morgan fingerprint density at radius 1 is 1.04 bits per heavy atom. The molecule has 2 aliphatic heterocycles. The summed E-state index contributed by atoms with van der Waals surface area (Å²) in [7, 11) is 0. The molecule has 1 aromatic carbocycles. The highest BCUT2D eigenvalue weighted by Crippen LogP contribution is 2.25. The highest BCUT2D eigenvalue weighted by atomic mass is 16.2. The Morgan fingerprint density at radius 3 is 2.48 bits per heavy atom. The number of hydrogen-bond donors (Lipinski definition) is 1. The molecule has 0 unspecified atom stereocenters. The second kappa shape index (κ2) is 6.23. The minimum absolute atomic E-state index is 0.0349. The number of carbonyl (C=O) groups excluding carboxylic acids is 3. The number of likely N-dealkylation sites (tertiary alicyclic amines) is 1. The first-order valence-electron chi connectivity index (χ1n) is 8.51. The molecule has 0 saturated carbocycles. The molecule has 7 nitrogen and oxygen atoms in total. The van der Waals surface area contributed by atoms with Gasteiger partial charge in [-0.15, -0.1) is 0 Å². The van der Waals surface area contributed by atoms with E-state index in [0.29, 0.717) is 44.8 Å². The molecule has 2 saturated heterocycles. The monoisotopic (exact) mass is 340 g/mol. The quantitative estimate of drug-likeness (QED) is 0.829. The maximum atomic E-state index is 12.7. The van der Waals surface area contributed by atoms with E-state index in [4.69, 9.17) is 0 Å². The molecule has 1 aromatic heterocycles. The first kappa shape index (κ1) is 15.7. The number of fused-ring (bicyclic) bond motifs is 1. The van der Waals surface area contributed by atoms with E-state index in [2.05, 4.69) is 4.98 Å². The number of nitrogens with zero attached hydrogens (tertiary/aromatic N) is 3. The van der Waals surface area contributed by atoms with Crippen molar-refractivity contribution in [2.75, 3.05) is 39.3 Å². The van der Waals surface area contributed by atoms with Gasteiger partial charge in [-0.2, -0.15) is 0 Å². The summed E-state index contributed by atoms with van der Waals surface area (Å²) in [6, 6.07) is 7.70. The third kappa shape index (κ3) is 2.75. The van der Waals surface area contributed by atoms with Crippen molar-refractivity contribution in [3.63, 3.8) is 0 Å². The van der Waals surface area contributed by atoms with Crippen LogP contribution in [-0.4, -0.2) is 77.2 Å². The summed E-state index contributed by atoms with van der Waals surface area (Å²) < 4.78 is 0. The van der Waals surface area contributed by atoms with Crippen LogP contribution in [0.3, 0.4) is 0 Å². The lowest BCUT2D eigenvalue weighted by Gasteiger charge is -2.42. The summed E-state index contributed by atoms with van der Waals surface area (Å²) in [6.07, 6.45) is 2.56. The van der Waals surface area contributed by atoms with Crippen molar-refractivity contribution in [1.82, 2.24) is 19.7 Å². The minimum atomic E-state index is -0.128. The molecule has 4 rings (SSSR count). The van der Waals surface area contributed by atoms with Crippen molar-refractivity contribution < 1.29 is 14.4 Å². The van der Waals surface area contributed by atoms with Gasteiger partial charge in [-0.25, -0.2) is 0 Å². The molecule has 130 valence electrons. The van der Waals surface area contributed by atoms with Crippen molar-refractivity contribution in [3.8, 4) is 0 Å². The van der Waals surface area contributed by atoms with Crippen LogP contribution in [0, 0.1) is 5.92 Å². The highest BCUT2D eigenvalue weighted by Gasteiger charge is 2.39. The largest absolute Gasteiger partial charge is 0.360 e. The van der Waals surface area contributed by atoms with E-state index in [0.717, 1.165) is 17.3 Å². The maximum Gasteiger partial charge on any atom is 0.256 e. The number of benzene rings is 1. The molecule has 2 aromatic rings. The van der Waals surface area contributed by atoms with E-state index >= 15 is 0 Å². The summed E-state index contributed by atoms with van der Waals surface area (Å²) in [5.41, 5.74) is 1.59. The number of nitrogens with one attached hydrogen (secondary N) is 1. The number of piperazine rings is 1. The van der Waals surface area contributed by atoms with Crippen molar-refractivity contribution in [3.05, 3.63) is 36.0 Å². The van der Waals surface area contributed by atoms with Gasteiger partial charge < -0.3 is 19.7 Å². The number of amides is 3. The Labute approximate surface area is 145 Å². The van der Waals surface area contributed by atoms with E-state index in [-0.39, 0.29) is 17.7 Å². The zero-order chi connectivity index (χ0) is 17.4. The first-order chi connectivity index (χ1) is 12.2. The lowest BCUT2D eigenvalue weighted by Crippen LogP contribution is -2.59. The predicted molar refractivity (Wildman–Crippen MR) is 91.9 cm³/mol. The number of H-pyrrole nitrogens is 1. The van der Waals surface area contributed by atoms with E-state index in [9.17, 15) is 14.4 Å². The Kier molecular flexibility index (Phi) is 3.91. The van der Waals surface area contributed by atoms with Crippen LogP contribution in [0.4, 0.5) is 0 Å². The van der Waals surface area contributed by atoms with Gasteiger partial charge >= 0.3 is 0 Å². The van der Waals surface area contributed by atoms with Gasteiger partial charge in [0.1, 0.15) is 0 Å². The number of carbonyl (C=O) groups is 3. The van der Waals surface area contributed by atoms with Crippen LogP contribution in [0.25, 0.3) is 10.9 Å². The Hall–Kier alpha value is -2.83. The zero-order valence-electron chi connectivity index (χ0n) is 13.9. The lowest BCUT2D eigenvalue weighted by molar-refractivity contribution is -0.142. The molecule has 7 heteroatoms. The summed E-state index contributed by atoms with van der Waals surface area (Å²) >= 11 is 0. The topological polar surface area (TPSA) is 76.7 Å². The number of aromatic amines is 1. The van der Waals surface area contributed by atoms with Crippen LogP contribution in [0.1, 0.15) is 10.4 Å². The van der Waals surface area contributed by atoms with Crippen molar-refractivity contribution >= 4 is 29.1 Å². The molecular weight excluding hydrogens is 320 g/mol. The second-order valence-electron chi connectivity index (χ2n) is 6.62. The van der Waals surface area contributed by atoms with Gasteiger partial charge in [0.05, 0.1) is 11.5 Å². The summed E-state index contributed by atoms with van der Waals surface area (Å²) in [4.78, 5) is 44.2. The molecule has 0 atom stereocenters. The van der Waals surface area contributed by atoms with Gasteiger partial charge in [0.15, 0.2) is 0 Å². The van der Waals surface area contributed by atoms with E-state index < -0.39 is 0 Å². The maximum absolute atomic E-state index is 12.7. The van der Waals surface area contributed by atoms with Crippen LogP contribution < -0.4 is 0 Å². The lowest BCUT2D eigenvalue weighted by atomic mass is 9.96. The average Bonchev–Trinajstić information content (AvgIpc) is 3.04. The van der Waals surface area contributed by atoms with Crippen LogP contribution in [0.15, 0.2) is 30.5 Å². The fraction of sp³-hybridized carbons (Fsp3) is 0.389. The van der Waals surface area contributed by atoms with Gasteiger partial charge in [-0.05, 0) is 6.07 Å². The molecular formula is C18H20N4O3. The van der Waals surface area contributed by atoms with Gasteiger partial charge in [0, 0.05) is 56.4 Å². The van der Waals surface area contributed by atoms with E-state index in [1.54, 1.807) is 20.9 Å². The van der Waals surface area contributed by atoms with Crippen molar-refractivity contribution in [1.29, 1.82) is 0 Å². The van der Waals surface area contributed by atoms with Crippen LogP contribution in [-0.2, 0) is 9.59 Å². The average molecular weight is 340 g/mol. The minimum Gasteiger partial charge on any atom is -0.360 e. The van der Waals surface area contributed by atoms with Gasteiger partial charge in [0.2, 0.25) is 12.3 Å². The SMILES string of the molecule is O=CN1CCN(C(=O)C2CN(C(=O)c3c[nH]c4ccccc34)C2)CC1. The normalized spacial score (nSPS) is 18.3. The molecule has 1 N–H and O–H groups in total. The standard InChI is InChI=1S/C18H20N4O3/c23-12-20-5-7-21(8-6-20)17(24)13-10-22(11-13)18(25)15-9-19-16-4-2-1-3-14(15)16/h1-4,9,12-13,19H,5-8,10-11H2. The fourth-order valence-electron chi connectivity index (χ4n) is 3.53. The number of hydrogen-bond acceptors (Lipinski definition) is 3. The third-order valence-electron chi connectivity index (χ3n) is 5.11. The number of rotatable bonds is 3. The molecule has 0 radical (unpaired) electrons. The van der Waals surface area contributed by atoms with Crippen molar-refractivity contribution in [2.45, 2.75) is 0 Å². The van der Waals surface area contributed by atoms with Gasteiger partial charge in [-0.1, -0.05) is 18.2 Å². The molecule has 3 heterocycles. The van der Waals surface area contributed by atoms with Crippen molar-refractivity contribution in [2.24, 2.45) is 5.92 Å². The summed E-state index contributed by atoms with van der Waals surface area (Å²) in [6.45, 7) is 3.24. The van der Waals surface area contributed by atoms with Crippen LogP contribution in [0.5, 0.6) is 0 Å². The molecule has 0 aliphatic carbocycles. The first-order valence-corrected chi connectivity index (χ1v) is 8.51. The van der Waals surface area contributed by atoms with Crippen LogP contribution in [0.2, 0.25) is 0 Å². The second-order valence-corrected chi connectivity index (χ2v) is 6.62. The molecule has 25 heavy (non-hydrogen) atoms. The molecule has 0 bridgehead atoms. The molecule has 2 aliphatic rings. The van der Waals surface area contributed by atoms with Crippen LogP contribution >= 0.6 is 0 Å². The molecule has 0 spiro atoms. The predicted octanol–water partition coefficient (Wildman–Crippen LogP) is 0.541. The van der Waals surface area contributed by atoms with Gasteiger partial charge in [0.25, 0.3) is 5.91 Å². The molecule has 3 amide bonds.